The number of pyridine rings is 1. The second kappa shape index (κ2) is 16.7. The predicted molar refractivity (Wildman–Crippen MR) is 279 cm³/mol. The zero-order valence-electron chi connectivity index (χ0n) is 37.0. The van der Waals surface area contributed by atoms with Gasteiger partial charge in [0.1, 0.15) is 0 Å². The van der Waals surface area contributed by atoms with Crippen LogP contribution >= 0.6 is 0 Å². The van der Waals surface area contributed by atoms with E-state index < -0.39 is 5.41 Å². The maximum atomic E-state index is 5.07. The van der Waals surface area contributed by atoms with Gasteiger partial charge < -0.3 is 14.0 Å². The van der Waals surface area contributed by atoms with Gasteiger partial charge in [-0.1, -0.05) is 164 Å². The molecule has 0 fully saturated rings. The van der Waals surface area contributed by atoms with Gasteiger partial charge in [0, 0.05) is 63.2 Å². The molecule has 3 aromatic heterocycles. The summed E-state index contributed by atoms with van der Waals surface area (Å²) < 4.78 is 4.77. The molecule has 67 heavy (non-hydrogen) atoms. The lowest BCUT2D eigenvalue weighted by Gasteiger charge is -2.39. The van der Waals surface area contributed by atoms with E-state index >= 15 is 0 Å². The minimum absolute atomic E-state index is 0.682. The third-order valence-electron chi connectivity index (χ3n) is 13.5. The number of hydrogen-bond donors (Lipinski definition) is 0. The summed E-state index contributed by atoms with van der Waals surface area (Å²) in [4.78, 5) is 6.84. The zero-order valence-corrected chi connectivity index (χ0v) is 37.0. The van der Waals surface area contributed by atoms with Crippen LogP contribution in [0, 0.1) is 0 Å². The second-order valence-electron chi connectivity index (χ2n) is 17.3. The van der Waals surface area contributed by atoms with Crippen molar-refractivity contribution in [1.82, 2.24) is 14.1 Å². The van der Waals surface area contributed by atoms with Gasteiger partial charge in [0.15, 0.2) is 0 Å². The van der Waals surface area contributed by atoms with Crippen molar-refractivity contribution in [2.75, 3.05) is 4.90 Å². The first-order chi connectivity index (χ1) is 33.2. The lowest BCUT2D eigenvalue weighted by atomic mass is 9.63. The van der Waals surface area contributed by atoms with E-state index in [9.17, 15) is 0 Å². The Morgan fingerprint density at radius 3 is 1.90 bits per heavy atom. The number of benzene rings is 8. The van der Waals surface area contributed by atoms with Crippen molar-refractivity contribution in [2.24, 2.45) is 0 Å². The molecule has 0 aliphatic heterocycles. The molecule has 0 spiro atoms. The average Bonchev–Trinajstić information content (AvgIpc) is 3.99. The van der Waals surface area contributed by atoms with Crippen LogP contribution in [0.15, 0.2) is 273 Å². The minimum atomic E-state index is -0.682. The standard InChI is InChI=1S/C63H46N4/c1-45-42-55(29-16-19-47-18-14-15-30-59(47)63(45,50-21-6-2-7-22-50)51-23-8-3-9-24-51)66(54-34-31-46(32-35-54)49-20-17-40-64-44-49)56-36-38-60-58(43-56)57-37-33-48-39-41-65(52-25-10-4-11-26-52)61(48)62(57)67(60)53-27-12-5-13-28-53/h2-18,20-44H,1,19H2/b29-16-,55-42+. The van der Waals surface area contributed by atoms with Gasteiger partial charge in [-0.05, 0) is 124 Å². The Hall–Kier alpha value is -8.73. The normalized spacial score (nSPS) is 14.7. The smallest absolute Gasteiger partial charge is 0.0788 e. The van der Waals surface area contributed by atoms with Crippen LogP contribution in [0.1, 0.15) is 22.3 Å². The molecule has 4 heteroatoms. The molecule has 8 aromatic carbocycles. The molecule has 0 saturated carbocycles. The first kappa shape index (κ1) is 39.8. The van der Waals surface area contributed by atoms with Gasteiger partial charge in [-0.3, -0.25) is 4.98 Å². The Labute approximate surface area is 391 Å². The van der Waals surface area contributed by atoms with E-state index in [-0.39, 0.29) is 0 Å². The number of fused-ring (bicyclic) bond motifs is 6. The van der Waals surface area contributed by atoms with Crippen LogP contribution in [0.3, 0.4) is 0 Å². The molecule has 0 bridgehead atoms. The summed E-state index contributed by atoms with van der Waals surface area (Å²) >= 11 is 0. The van der Waals surface area contributed by atoms with E-state index in [1.54, 1.807) is 0 Å². The highest BCUT2D eigenvalue weighted by atomic mass is 15.1. The average molecular weight is 859 g/mol. The van der Waals surface area contributed by atoms with Crippen molar-refractivity contribution in [2.45, 2.75) is 11.8 Å². The van der Waals surface area contributed by atoms with Crippen LogP contribution in [-0.4, -0.2) is 14.1 Å². The number of rotatable bonds is 8. The van der Waals surface area contributed by atoms with Crippen LogP contribution in [-0.2, 0) is 11.8 Å². The number of anilines is 2. The molecule has 0 amide bonds. The first-order valence-electron chi connectivity index (χ1n) is 22.9. The number of para-hydroxylation sites is 2. The molecule has 4 nitrogen and oxygen atoms in total. The molecule has 3 heterocycles. The molecule has 0 atom stereocenters. The Bertz CT molecular complexity index is 3600. The summed E-state index contributed by atoms with van der Waals surface area (Å²) in [6, 6.07) is 78.8. The van der Waals surface area contributed by atoms with Gasteiger partial charge in [-0.25, -0.2) is 0 Å². The summed E-state index contributed by atoms with van der Waals surface area (Å²) in [5, 5.41) is 3.53. The molecule has 0 radical (unpaired) electrons. The zero-order chi connectivity index (χ0) is 44.7. The molecule has 1 aliphatic carbocycles. The number of hydrogen-bond acceptors (Lipinski definition) is 2. The molecule has 318 valence electrons. The number of aromatic nitrogens is 3. The van der Waals surface area contributed by atoms with Crippen molar-refractivity contribution in [3.63, 3.8) is 0 Å². The highest BCUT2D eigenvalue weighted by molar-refractivity contribution is 6.19. The largest absolute Gasteiger partial charge is 0.315 e. The minimum Gasteiger partial charge on any atom is -0.315 e. The summed E-state index contributed by atoms with van der Waals surface area (Å²) in [7, 11) is 0. The van der Waals surface area contributed by atoms with Gasteiger partial charge in [0.05, 0.1) is 22.0 Å². The monoisotopic (exact) mass is 858 g/mol. The third-order valence-corrected chi connectivity index (χ3v) is 13.5. The van der Waals surface area contributed by atoms with Gasteiger partial charge >= 0.3 is 0 Å². The van der Waals surface area contributed by atoms with Gasteiger partial charge in [0.2, 0.25) is 0 Å². The Morgan fingerprint density at radius 2 is 1.19 bits per heavy atom. The van der Waals surface area contributed by atoms with Gasteiger partial charge in [0.25, 0.3) is 0 Å². The third kappa shape index (κ3) is 6.73. The topological polar surface area (TPSA) is 26.0 Å². The maximum Gasteiger partial charge on any atom is 0.0788 e. The fourth-order valence-electron chi connectivity index (χ4n) is 10.5. The summed E-state index contributed by atoms with van der Waals surface area (Å²) in [5.74, 6) is 0. The maximum absolute atomic E-state index is 5.07. The molecule has 0 N–H and O–H groups in total. The second-order valence-corrected chi connectivity index (χ2v) is 17.3. The molecule has 1 aliphatic rings. The number of allylic oxidation sites excluding steroid dienone is 4. The first-order valence-corrected chi connectivity index (χ1v) is 22.9. The van der Waals surface area contributed by atoms with Crippen LogP contribution in [0.5, 0.6) is 0 Å². The summed E-state index contributed by atoms with van der Waals surface area (Å²) in [6.07, 6.45) is 13.6. The van der Waals surface area contributed by atoms with Crippen molar-refractivity contribution >= 4 is 44.1 Å². The molecule has 0 saturated heterocycles. The molecule has 12 rings (SSSR count). The van der Waals surface area contributed by atoms with Crippen molar-refractivity contribution in [1.29, 1.82) is 0 Å². The molecular weight excluding hydrogens is 813 g/mol. The van der Waals surface area contributed by atoms with Crippen molar-refractivity contribution in [3.05, 3.63) is 295 Å². The van der Waals surface area contributed by atoms with E-state index in [2.05, 4.69) is 256 Å². The predicted octanol–water partition coefficient (Wildman–Crippen LogP) is 15.5. The van der Waals surface area contributed by atoms with Gasteiger partial charge in [-0.2, -0.15) is 0 Å². The van der Waals surface area contributed by atoms with Gasteiger partial charge in [-0.15, -0.1) is 0 Å². The fourth-order valence-corrected chi connectivity index (χ4v) is 10.5. The number of nitrogens with zero attached hydrogens (tertiary/aromatic N) is 4. The van der Waals surface area contributed by atoms with E-state index in [1.165, 1.54) is 44.1 Å². The molecule has 11 aromatic rings. The van der Waals surface area contributed by atoms with E-state index in [1.807, 2.05) is 18.5 Å². The van der Waals surface area contributed by atoms with Crippen LogP contribution < -0.4 is 4.90 Å². The van der Waals surface area contributed by atoms with E-state index in [0.29, 0.717) is 0 Å². The Morgan fingerprint density at radius 1 is 0.537 bits per heavy atom. The lowest BCUT2D eigenvalue weighted by molar-refractivity contribution is 0.736. The highest BCUT2D eigenvalue weighted by Crippen LogP contribution is 2.49. The quantitative estimate of drug-likeness (QED) is 0.152. The summed E-state index contributed by atoms with van der Waals surface area (Å²) in [5.41, 5.74) is 16.1. The van der Waals surface area contributed by atoms with Crippen molar-refractivity contribution in [3.8, 4) is 22.5 Å². The van der Waals surface area contributed by atoms with E-state index in [0.717, 1.165) is 62.5 Å². The summed E-state index contributed by atoms with van der Waals surface area (Å²) in [6.45, 7) is 5.07. The fraction of sp³-hybridized carbons (Fsp3) is 0.0317. The van der Waals surface area contributed by atoms with Crippen LogP contribution in [0.25, 0.3) is 55.2 Å². The highest BCUT2D eigenvalue weighted by Gasteiger charge is 2.40. The Kier molecular flexibility index (Phi) is 9.92. The van der Waals surface area contributed by atoms with Crippen LogP contribution in [0.4, 0.5) is 11.4 Å². The van der Waals surface area contributed by atoms with Crippen molar-refractivity contribution < 1.29 is 0 Å². The van der Waals surface area contributed by atoms with Crippen LogP contribution in [0.2, 0.25) is 0 Å². The lowest BCUT2D eigenvalue weighted by Crippen LogP contribution is -2.32. The SMILES string of the molecule is C=C1/C=C(N(c2ccc(-c3cccnc3)cc2)c2ccc3c(c2)c2ccc4ccn(-c5ccccc5)c4c2n3-c2ccccc2)\C=C/Cc2ccccc2C1(c1ccccc1)c1ccccc1. The Balaban J connectivity index is 1.12. The van der Waals surface area contributed by atoms with E-state index in [4.69, 9.17) is 6.58 Å². The molecule has 0 unspecified atom stereocenters. The molecular formula is C63H46N4.